The monoisotopic (exact) mass is 455 g/mol. The molecule has 1 aromatic heterocycles. The Balaban J connectivity index is 1.54. The minimum absolute atomic E-state index is 0.112. The number of hydrogen-bond donors (Lipinski definition) is 1. The lowest BCUT2D eigenvalue weighted by molar-refractivity contribution is 0.205. The Hall–Kier alpha value is -3.44. The summed E-state index contributed by atoms with van der Waals surface area (Å²) in [6.07, 6.45) is 4.13. The fourth-order valence-electron chi connectivity index (χ4n) is 3.79. The van der Waals surface area contributed by atoms with E-state index in [0.29, 0.717) is 13.1 Å². The third-order valence-electron chi connectivity index (χ3n) is 5.72. The predicted molar refractivity (Wildman–Crippen MR) is 138 cm³/mol. The molecular formula is C28H29N3OS. The number of benzene rings is 3. The van der Waals surface area contributed by atoms with Crippen LogP contribution in [0.4, 0.5) is 10.5 Å². The summed E-state index contributed by atoms with van der Waals surface area (Å²) in [5.74, 6) is 0. The number of thioether (sulfide) groups is 1. The number of urea groups is 1. The van der Waals surface area contributed by atoms with Crippen LogP contribution >= 0.6 is 11.8 Å². The molecule has 0 aliphatic heterocycles. The lowest BCUT2D eigenvalue weighted by atomic mass is 10.1. The Bertz CT molecular complexity index is 1190. The Morgan fingerprint density at radius 1 is 0.879 bits per heavy atom. The summed E-state index contributed by atoms with van der Waals surface area (Å²) in [5, 5.41) is 3.07. The van der Waals surface area contributed by atoms with Gasteiger partial charge in [-0.1, -0.05) is 54.6 Å². The quantitative estimate of drug-likeness (QED) is 0.297. The summed E-state index contributed by atoms with van der Waals surface area (Å²) < 4.78 is 2.22. The van der Waals surface area contributed by atoms with Crippen LogP contribution in [0.3, 0.4) is 0 Å². The second kappa shape index (κ2) is 10.9. The summed E-state index contributed by atoms with van der Waals surface area (Å²) >= 11 is 1.68. The van der Waals surface area contributed by atoms with E-state index in [9.17, 15) is 4.79 Å². The Morgan fingerprint density at radius 2 is 1.61 bits per heavy atom. The lowest BCUT2D eigenvalue weighted by Crippen LogP contribution is -2.34. The number of nitrogens with one attached hydrogen (secondary N) is 1. The molecule has 33 heavy (non-hydrogen) atoms. The molecule has 0 fully saturated rings. The largest absolute Gasteiger partial charge is 0.345 e. The van der Waals surface area contributed by atoms with Crippen LogP contribution in [-0.4, -0.2) is 21.8 Å². The molecule has 1 heterocycles. The van der Waals surface area contributed by atoms with Gasteiger partial charge < -0.3 is 14.8 Å². The topological polar surface area (TPSA) is 37.3 Å². The van der Waals surface area contributed by atoms with Crippen molar-refractivity contribution in [2.45, 2.75) is 31.5 Å². The van der Waals surface area contributed by atoms with Crippen molar-refractivity contribution in [3.05, 3.63) is 120 Å². The van der Waals surface area contributed by atoms with Crippen molar-refractivity contribution < 1.29 is 4.79 Å². The molecular weight excluding hydrogens is 426 g/mol. The number of carbonyl (C=O) groups is 1. The van der Waals surface area contributed by atoms with Crippen molar-refractivity contribution in [3.8, 4) is 0 Å². The zero-order chi connectivity index (χ0) is 23.0. The molecule has 4 aromatic rings. The van der Waals surface area contributed by atoms with Crippen LogP contribution in [0.1, 0.15) is 22.4 Å². The third kappa shape index (κ3) is 6.08. The number of nitrogens with zero attached hydrogens (tertiary/aromatic N) is 2. The Morgan fingerprint density at radius 3 is 2.33 bits per heavy atom. The molecule has 0 radical (unpaired) electrons. The minimum Gasteiger partial charge on any atom is -0.345 e. The van der Waals surface area contributed by atoms with E-state index in [1.54, 1.807) is 11.8 Å². The van der Waals surface area contributed by atoms with Gasteiger partial charge in [-0.05, 0) is 66.3 Å². The van der Waals surface area contributed by atoms with E-state index in [2.05, 4.69) is 65.5 Å². The molecule has 0 aliphatic rings. The molecule has 0 saturated heterocycles. The average molecular weight is 456 g/mol. The number of hydrogen-bond acceptors (Lipinski definition) is 2. The second-order valence-electron chi connectivity index (χ2n) is 8.05. The number of rotatable bonds is 8. The van der Waals surface area contributed by atoms with Crippen LogP contribution in [-0.2, 0) is 19.6 Å². The maximum atomic E-state index is 13.3. The van der Waals surface area contributed by atoms with Crippen molar-refractivity contribution in [1.82, 2.24) is 9.47 Å². The molecule has 3 aromatic carbocycles. The molecule has 0 aliphatic carbocycles. The first kappa shape index (κ1) is 22.7. The van der Waals surface area contributed by atoms with Gasteiger partial charge >= 0.3 is 6.03 Å². The van der Waals surface area contributed by atoms with E-state index in [-0.39, 0.29) is 6.03 Å². The van der Waals surface area contributed by atoms with Crippen molar-refractivity contribution in [3.63, 3.8) is 0 Å². The van der Waals surface area contributed by atoms with E-state index in [4.69, 9.17) is 0 Å². The molecule has 0 unspecified atom stereocenters. The summed E-state index contributed by atoms with van der Waals surface area (Å²) in [5.41, 5.74) is 5.54. The van der Waals surface area contributed by atoms with E-state index in [1.807, 2.05) is 59.7 Å². The van der Waals surface area contributed by atoms with E-state index in [0.717, 1.165) is 23.5 Å². The predicted octanol–water partition coefficient (Wildman–Crippen LogP) is 6.80. The summed E-state index contributed by atoms with van der Waals surface area (Å²) in [7, 11) is 0. The smallest absolute Gasteiger partial charge is 0.322 e. The molecule has 0 saturated carbocycles. The van der Waals surface area contributed by atoms with Crippen molar-refractivity contribution >= 4 is 23.5 Å². The second-order valence-corrected chi connectivity index (χ2v) is 8.93. The number of carbonyl (C=O) groups excluding carboxylic acids is 1. The standard InChI is InChI=1S/C28H29N3OS/c1-22-9-6-7-12-24(22)20-30-18-8-13-26(30)21-31(19-23-10-4-3-5-11-23)28(32)29-25-14-16-27(33-2)17-15-25/h3-18H,19-21H2,1-2H3,(H,29,32). The van der Waals surface area contributed by atoms with Crippen molar-refractivity contribution in [2.75, 3.05) is 11.6 Å². The molecule has 4 nitrogen and oxygen atoms in total. The normalized spacial score (nSPS) is 10.7. The van der Waals surface area contributed by atoms with Gasteiger partial charge in [0.05, 0.1) is 6.54 Å². The maximum absolute atomic E-state index is 13.3. The zero-order valence-corrected chi connectivity index (χ0v) is 19.9. The van der Waals surface area contributed by atoms with Crippen molar-refractivity contribution in [1.29, 1.82) is 0 Å². The van der Waals surface area contributed by atoms with Gasteiger partial charge in [0, 0.05) is 35.6 Å². The van der Waals surface area contributed by atoms with Crippen LogP contribution in [0.25, 0.3) is 0 Å². The number of aryl methyl sites for hydroxylation is 1. The highest BCUT2D eigenvalue weighted by Crippen LogP contribution is 2.19. The summed E-state index contributed by atoms with van der Waals surface area (Å²) in [4.78, 5) is 16.4. The maximum Gasteiger partial charge on any atom is 0.322 e. The zero-order valence-electron chi connectivity index (χ0n) is 19.1. The van der Waals surface area contributed by atoms with Crippen LogP contribution in [0.5, 0.6) is 0 Å². The van der Waals surface area contributed by atoms with Gasteiger partial charge in [0.1, 0.15) is 0 Å². The van der Waals surface area contributed by atoms with E-state index in [1.165, 1.54) is 16.0 Å². The fraction of sp³-hybridized carbons (Fsp3) is 0.179. The molecule has 0 bridgehead atoms. The van der Waals surface area contributed by atoms with Gasteiger partial charge in [0.25, 0.3) is 0 Å². The van der Waals surface area contributed by atoms with Gasteiger partial charge in [-0.15, -0.1) is 11.8 Å². The highest BCUT2D eigenvalue weighted by molar-refractivity contribution is 7.98. The summed E-state index contributed by atoms with van der Waals surface area (Å²) in [6, 6.07) is 30.5. The third-order valence-corrected chi connectivity index (χ3v) is 6.47. The van der Waals surface area contributed by atoms with Gasteiger partial charge in [0.15, 0.2) is 0 Å². The minimum atomic E-state index is -0.112. The molecule has 168 valence electrons. The molecule has 5 heteroatoms. The molecule has 1 N–H and O–H groups in total. The molecule has 4 rings (SSSR count). The van der Waals surface area contributed by atoms with Gasteiger partial charge in [0.2, 0.25) is 0 Å². The molecule has 0 atom stereocenters. The highest BCUT2D eigenvalue weighted by atomic mass is 32.2. The van der Waals surface area contributed by atoms with Gasteiger partial charge in [-0.2, -0.15) is 0 Å². The van der Waals surface area contributed by atoms with E-state index >= 15 is 0 Å². The lowest BCUT2D eigenvalue weighted by Gasteiger charge is -2.24. The Kier molecular flexibility index (Phi) is 7.53. The number of anilines is 1. The SMILES string of the molecule is CSc1ccc(NC(=O)N(Cc2ccccc2)Cc2cccn2Cc2ccccc2C)cc1. The molecule has 2 amide bonds. The average Bonchev–Trinajstić information content (AvgIpc) is 3.28. The first-order chi connectivity index (χ1) is 16.1. The first-order valence-corrected chi connectivity index (χ1v) is 12.3. The van der Waals surface area contributed by atoms with Crippen LogP contribution in [0, 0.1) is 6.92 Å². The molecule has 0 spiro atoms. The first-order valence-electron chi connectivity index (χ1n) is 11.0. The van der Waals surface area contributed by atoms with Crippen molar-refractivity contribution in [2.24, 2.45) is 0 Å². The summed E-state index contributed by atoms with van der Waals surface area (Å²) in [6.45, 7) is 3.97. The highest BCUT2D eigenvalue weighted by Gasteiger charge is 2.17. The number of aromatic nitrogens is 1. The van der Waals surface area contributed by atoms with E-state index < -0.39 is 0 Å². The van der Waals surface area contributed by atoms with Crippen LogP contribution < -0.4 is 5.32 Å². The van der Waals surface area contributed by atoms with Gasteiger partial charge in [-0.3, -0.25) is 0 Å². The Labute approximate surface area is 200 Å². The van der Waals surface area contributed by atoms with Crippen LogP contribution in [0.2, 0.25) is 0 Å². The number of amides is 2. The van der Waals surface area contributed by atoms with Crippen LogP contribution in [0.15, 0.2) is 102 Å². The fourth-order valence-corrected chi connectivity index (χ4v) is 4.20. The van der Waals surface area contributed by atoms with Gasteiger partial charge in [-0.25, -0.2) is 4.79 Å².